The summed E-state index contributed by atoms with van der Waals surface area (Å²) in [4.78, 5) is 26.4. The van der Waals surface area contributed by atoms with Crippen LogP contribution in [-0.4, -0.2) is 40.1 Å². The van der Waals surface area contributed by atoms with Crippen molar-refractivity contribution < 1.29 is 24.3 Å². The molecule has 0 saturated carbocycles. The number of aromatic nitrogens is 1. The molecular formula is C19H20N2O6. The largest absolute Gasteiger partial charge is 0.477 e. The molecule has 2 atom stereocenters. The van der Waals surface area contributed by atoms with Crippen molar-refractivity contribution in [1.29, 1.82) is 0 Å². The normalized spacial score (nSPS) is 19.3. The van der Waals surface area contributed by atoms with Crippen molar-refractivity contribution in [3.8, 4) is 5.88 Å². The van der Waals surface area contributed by atoms with Crippen LogP contribution in [0.1, 0.15) is 29.3 Å². The first kappa shape index (κ1) is 18.9. The Labute approximate surface area is 155 Å². The van der Waals surface area contributed by atoms with Crippen LogP contribution in [0.2, 0.25) is 0 Å². The summed E-state index contributed by atoms with van der Waals surface area (Å²) in [5.41, 5.74) is 2.51. The molecule has 142 valence electrons. The van der Waals surface area contributed by atoms with E-state index in [1.807, 2.05) is 13.0 Å². The third-order valence-corrected chi connectivity index (χ3v) is 4.48. The lowest BCUT2D eigenvalue weighted by Crippen LogP contribution is -2.19. The summed E-state index contributed by atoms with van der Waals surface area (Å²) in [6.07, 6.45) is -0.323. The number of hydrogen-bond acceptors (Lipinski definition) is 7. The minimum absolute atomic E-state index is 0.0589. The summed E-state index contributed by atoms with van der Waals surface area (Å²) in [6.45, 7) is 1.89. The van der Waals surface area contributed by atoms with E-state index < -0.39 is 17.1 Å². The molecule has 1 fully saturated rings. The number of pyridine rings is 1. The maximum Gasteiger partial charge on any atom is 0.269 e. The van der Waals surface area contributed by atoms with E-state index in [0.29, 0.717) is 24.6 Å². The van der Waals surface area contributed by atoms with Gasteiger partial charge in [-0.2, -0.15) is 0 Å². The topological polar surface area (TPSA) is 112 Å². The molecule has 8 heteroatoms. The number of Topliss-reactive ketones (excluding diaryl/α,β-unsaturated/α-hetero) is 1. The molecule has 2 heterocycles. The van der Waals surface area contributed by atoms with Gasteiger partial charge in [0.1, 0.15) is 6.10 Å². The lowest BCUT2D eigenvalue weighted by Gasteiger charge is -2.14. The van der Waals surface area contributed by atoms with Crippen molar-refractivity contribution in [2.75, 3.05) is 13.2 Å². The summed E-state index contributed by atoms with van der Waals surface area (Å²) in [5, 5.41) is 19.8. The second-order valence-electron chi connectivity index (χ2n) is 6.31. The number of hydrogen-bond donors (Lipinski definition) is 1. The quantitative estimate of drug-likeness (QED) is 0.586. The van der Waals surface area contributed by atoms with E-state index in [2.05, 4.69) is 4.98 Å². The van der Waals surface area contributed by atoms with E-state index in [1.54, 1.807) is 18.2 Å². The SMILES string of the molecule is Cc1nc(OCCc2ccc([N+](=O)[O-])cc2)ccc1[C@H]1CC(=O)[C@@H](CO)O1. The van der Waals surface area contributed by atoms with Crippen molar-refractivity contribution >= 4 is 11.5 Å². The van der Waals surface area contributed by atoms with Gasteiger partial charge in [-0.25, -0.2) is 4.98 Å². The van der Waals surface area contributed by atoms with Gasteiger partial charge in [0.25, 0.3) is 5.69 Å². The first-order chi connectivity index (χ1) is 13.0. The van der Waals surface area contributed by atoms with Crippen LogP contribution in [0.15, 0.2) is 36.4 Å². The molecule has 1 saturated heterocycles. The average molecular weight is 372 g/mol. The Morgan fingerprint density at radius 3 is 2.63 bits per heavy atom. The second kappa shape index (κ2) is 8.24. The number of aliphatic hydroxyl groups excluding tert-OH is 1. The van der Waals surface area contributed by atoms with Crippen LogP contribution in [0.3, 0.4) is 0 Å². The molecule has 1 aromatic carbocycles. The Morgan fingerprint density at radius 1 is 1.30 bits per heavy atom. The van der Waals surface area contributed by atoms with Gasteiger partial charge in [-0.3, -0.25) is 14.9 Å². The minimum Gasteiger partial charge on any atom is -0.477 e. The molecule has 2 aromatic rings. The van der Waals surface area contributed by atoms with Crippen LogP contribution in [0.4, 0.5) is 5.69 Å². The molecule has 27 heavy (non-hydrogen) atoms. The summed E-state index contributed by atoms with van der Waals surface area (Å²) in [7, 11) is 0. The summed E-state index contributed by atoms with van der Waals surface area (Å²) >= 11 is 0. The molecule has 1 aliphatic rings. The van der Waals surface area contributed by atoms with Crippen LogP contribution in [0.5, 0.6) is 5.88 Å². The van der Waals surface area contributed by atoms with E-state index in [0.717, 1.165) is 11.1 Å². The number of rotatable bonds is 7. The number of aryl methyl sites for hydroxylation is 1. The zero-order valence-electron chi connectivity index (χ0n) is 14.8. The highest BCUT2D eigenvalue weighted by molar-refractivity contribution is 5.85. The van der Waals surface area contributed by atoms with Gasteiger partial charge in [0, 0.05) is 42.3 Å². The smallest absolute Gasteiger partial charge is 0.269 e. The fraction of sp³-hybridized carbons (Fsp3) is 0.368. The number of ketones is 1. The number of nitro benzene ring substituents is 1. The Hall–Kier alpha value is -2.84. The summed E-state index contributed by atoms with van der Waals surface area (Å²) in [5.74, 6) is 0.353. The van der Waals surface area contributed by atoms with Crippen molar-refractivity contribution in [1.82, 2.24) is 4.98 Å². The van der Waals surface area contributed by atoms with Gasteiger partial charge in [0.2, 0.25) is 5.88 Å². The lowest BCUT2D eigenvalue weighted by atomic mass is 10.0. The number of carbonyl (C=O) groups is 1. The third-order valence-electron chi connectivity index (χ3n) is 4.48. The van der Waals surface area contributed by atoms with Gasteiger partial charge in [-0.15, -0.1) is 0 Å². The molecule has 0 radical (unpaired) electrons. The number of nitrogens with zero attached hydrogens (tertiary/aromatic N) is 2. The average Bonchev–Trinajstić information content (AvgIpc) is 3.02. The molecule has 0 aliphatic carbocycles. The first-order valence-corrected chi connectivity index (χ1v) is 8.60. The van der Waals surface area contributed by atoms with E-state index >= 15 is 0 Å². The van der Waals surface area contributed by atoms with Crippen LogP contribution < -0.4 is 4.74 Å². The molecule has 1 N–H and O–H groups in total. The van der Waals surface area contributed by atoms with E-state index in [9.17, 15) is 14.9 Å². The lowest BCUT2D eigenvalue weighted by molar-refractivity contribution is -0.384. The van der Waals surface area contributed by atoms with Crippen LogP contribution in [0.25, 0.3) is 0 Å². The summed E-state index contributed by atoms with van der Waals surface area (Å²) in [6, 6.07) is 9.88. The first-order valence-electron chi connectivity index (χ1n) is 8.60. The fourth-order valence-electron chi connectivity index (χ4n) is 2.99. The van der Waals surface area contributed by atoms with Crippen molar-refractivity contribution in [3.05, 3.63) is 63.3 Å². The maximum absolute atomic E-state index is 11.7. The number of ether oxygens (including phenoxy) is 2. The molecule has 0 bridgehead atoms. The Balaban J connectivity index is 1.56. The molecular weight excluding hydrogens is 352 g/mol. The van der Waals surface area contributed by atoms with Gasteiger partial charge in [0.05, 0.1) is 24.2 Å². The standard InChI is InChI=1S/C19H20N2O6/c1-12-15(17-10-16(23)18(11-22)27-17)6-7-19(20-12)26-9-8-13-2-4-14(5-3-13)21(24)25/h2-7,17-18,22H,8-11H2,1H3/t17-,18-/m1/s1. The monoisotopic (exact) mass is 372 g/mol. The van der Waals surface area contributed by atoms with Crippen LogP contribution >= 0.6 is 0 Å². The Kier molecular flexibility index (Phi) is 5.78. The van der Waals surface area contributed by atoms with E-state index in [4.69, 9.17) is 14.6 Å². The van der Waals surface area contributed by atoms with Crippen molar-refractivity contribution in [3.63, 3.8) is 0 Å². The van der Waals surface area contributed by atoms with Gasteiger partial charge in [-0.1, -0.05) is 12.1 Å². The molecule has 1 aliphatic heterocycles. The number of non-ortho nitro benzene ring substituents is 1. The molecule has 0 spiro atoms. The van der Waals surface area contributed by atoms with Gasteiger partial charge < -0.3 is 14.6 Å². The molecule has 8 nitrogen and oxygen atoms in total. The zero-order chi connectivity index (χ0) is 19.4. The molecule has 0 unspecified atom stereocenters. The third kappa shape index (κ3) is 4.47. The number of nitro groups is 1. The van der Waals surface area contributed by atoms with Crippen LogP contribution in [-0.2, 0) is 16.0 Å². The Bertz CT molecular complexity index is 837. The highest BCUT2D eigenvalue weighted by Crippen LogP contribution is 2.32. The number of carbonyl (C=O) groups excluding carboxylic acids is 1. The highest BCUT2D eigenvalue weighted by atomic mass is 16.6. The van der Waals surface area contributed by atoms with Crippen LogP contribution in [0, 0.1) is 17.0 Å². The molecule has 3 rings (SSSR count). The van der Waals surface area contributed by atoms with E-state index in [1.165, 1.54) is 12.1 Å². The van der Waals surface area contributed by atoms with Crippen molar-refractivity contribution in [2.45, 2.75) is 32.0 Å². The summed E-state index contributed by atoms with van der Waals surface area (Å²) < 4.78 is 11.2. The molecule has 1 aromatic heterocycles. The Morgan fingerprint density at radius 2 is 2.04 bits per heavy atom. The minimum atomic E-state index is -0.757. The highest BCUT2D eigenvalue weighted by Gasteiger charge is 2.34. The number of benzene rings is 1. The predicted molar refractivity (Wildman–Crippen MR) is 95.6 cm³/mol. The number of aliphatic hydroxyl groups is 1. The van der Waals surface area contributed by atoms with E-state index in [-0.39, 0.29) is 24.5 Å². The zero-order valence-corrected chi connectivity index (χ0v) is 14.8. The van der Waals surface area contributed by atoms with Crippen molar-refractivity contribution in [2.24, 2.45) is 0 Å². The van der Waals surface area contributed by atoms with Gasteiger partial charge in [-0.05, 0) is 18.6 Å². The van der Waals surface area contributed by atoms with Gasteiger partial charge in [0.15, 0.2) is 5.78 Å². The second-order valence-corrected chi connectivity index (χ2v) is 6.31. The molecule has 0 amide bonds. The fourth-order valence-corrected chi connectivity index (χ4v) is 2.99. The maximum atomic E-state index is 11.7. The predicted octanol–water partition coefficient (Wildman–Crippen LogP) is 2.31. The van der Waals surface area contributed by atoms with Gasteiger partial charge >= 0.3 is 0 Å².